The molecule has 35 heavy (non-hydrogen) atoms. The molecule has 178 valence electrons. The molecule has 0 radical (unpaired) electrons. The van der Waals surface area contributed by atoms with Crippen molar-refractivity contribution in [1.29, 1.82) is 0 Å². The second-order valence-electron chi connectivity index (χ2n) is 8.08. The maximum atomic E-state index is 13.6. The Bertz CT molecular complexity index is 1580. The fraction of sp³-hybridized carbons (Fsp3) is 0.240. The third kappa shape index (κ3) is 4.25. The summed E-state index contributed by atoms with van der Waals surface area (Å²) in [5.41, 5.74) is 1.85. The number of hydrogen-bond acceptors (Lipinski definition) is 7. The molecule has 0 aliphatic rings. The number of aryl methyl sites for hydroxylation is 1. The lowest BCUT2D eigenvalue weighted by Crippen LogP contribution is -2.25. The third-order valence-corrected chi connectivity index (χ3v) is 5.71. The summed E-state index contributed by atoms with van der Waals surface area (Å²) in [5, 5.41) is 7.61. The largest absolute Gasteiger partial charge is 0.495 e. The van der Waals surface area contributed by atoms with Gasteiger partial charge >= 0.3 is 0 Å². The Hall–Kier alpha value is -4.47. The number of ether oxygens (including phenoxy) is 1. The Kier molecular flexibility index (Phi) is 6.01. The van der Waals surface area contributed by atoms with E-state index in [0.29, 0.717) is 40.6 Å². The monoisotopic (exact) mass is 472 g/mol. The van der Waals surface area contributed by atoms with Crippen molar-refractivity contribution in [3.8, 4) is 5.75 Å². The molecule has 0 unspecified atom stereocenters. The van der Waals surface area contributed by atoms with Gasteiger partial charge in [0.05, 0.1) is 24.6 Å². The molecule has 5 aromatic rings. The fourth-order valence-corrected chi connectivity index (χ4v) is 4.13. The topological polar surface area (TPSA) is 117 Å². The SMILES string of the molecule is CCCc1noc(Cn2cnc3c4ccccc4n(CC(=O)Nc4ccccc4OC)c3c2=O)n1. The van der Waals surface area contributed by atoms with Crippen LogP contribution in [0.1, 0.15) is 25.1 Å². The fourth-order valence-electron chi connectivity index (χ4n) is 4.13. The van der Waals surface area contributed by atoms with Crippen molar-refractivity contribution in [1.82, 2.24) is 24.3 Å². The van der Waals surface area contributed by atoms with Gasteiger partial charge in [0.2, 0.25) is 11.8 Å². The average molecular weight is 473 g/mol. The molecule has 0 spiro atoms. The summed E-state index contributed by atoms with van der Waals surface area (Å²) in [6.07, 6.45) is 3.06. The summed E-state index contributed by atoms with van der Waals surface area (Å²) in [7, 11) is 1.54. The van der Waals surface area contributed by atoms with E-state index in [2.05, 4.69) is 20.4 Å². The van der Waals surface area contributed by atoms with Crippen LogP contribution in [0.5, 0.6) is 5.75 Å². The number of methoxy groups -OCH3 is 1. The molecule has 5 rings (SSSR count). The first-order chi connectivity index (χ1) is 17.1. The number of benzene rings is 2. The molecule has 0 aliphatic carbocycles. The lowest BCUT2D eigenvalue weighted by molar-refractivity contribution is -0.116. The molecular formula is C25H24N6O4. The minimum atomic E-state index is -0.300. The lowest BCUT2D eigenvalue weighted by atomic mass is 10.2. The molecule has 1 N–H and O–H groups in total. The van der Waals surface area contributed by atoms with E-state index in [1.54, 1.807) is 23.8 Å². The summed E-state index contributed by atoms with van der Waals surface area (Å²) in [5.74, 6) is 1.18. The van der Waals surface area contributed by atoms with Crippen LogP contribution in [0.15, 0.2) is 64.2 Å². The Morgan fingerprint density at radius 2 is 1.94 bits per heavy atom. The summed E-state index contributed by atoms with van der Waals surface area (Å²) in [4.78, 5) is 35.5. The van der Waals surface area contributed by atoms with E-state index < -0.39 is 0 Å². The number of anilines is 1. The normalized spacial score (nSPS) is 11.3. The minimum absolute atomic E-state index is 0.0792. The quantitative estimate of drug-likeness (QED) is 0.368. The molecular weight excluding hydrogens is 448 g/mol. The lowest BCUT2D eigenvalue weighted by Gasteiger charge is -2.11. The highest BCUT2D eigenvalue weighted by molar-refractivity contribution is 6.06. The zero-order chi connectivity index (χ0) is 24.4. The smallest absolute Gasteiger partial charge is 0.278 e. The molecule has 3 aromatic heterocycles. The predicted octanol–water partition coefficient (Wildman–Crippen LogP) is 3.38. The van der Waals surface area contributed by atoms with Gasteiger partial charge in [-0.3, -0.25) is 14.2 Å². The second-order valence-corrected chi connectivity index (χ2v) is 8.08. The Morgan fingerprint density at radius 3 is 2.77 bits per heavy atom. The van der Waals surface area contributed by atoms with Crippen LogP contribution in [0.4, 0.5) is 5.69 Å². The number of nitrogens with zero attached hydrogens (tertiary/aromatic N) is 5. The van der Waals surface area contributed by atoms with Crippen LogP contribution in [0, 0.1) is 0 Å². The number of carbonyl (C=O) groups excluding carboxylic acids is 1. The van der Waals surface area contributed by atoms with Crippen LogP contribution < -0.4 is 15.6 Å². The van der Waals surface area contributed by atoms with Gasteiger partial charge in [-0.15, -0.1) is 0 Å². The summed E-state index contributed by atoms with van der Waals surface area (Å²) < 4.78 is 13.7. The maximum Gasteiger partial charge on any atom is 0.278 e. The van der Waals surface area contributed by atoms with Crippen LogP contribution in [0.3, 0.4) is 0 Å². The zero-order valence-electron chi connectivity index (χ0n) is 19.4. The summed E-state index contributed by atoms with van der Waals surface area (Å²) in [6, 6.07) is 14.7. The molecule has 0 aliphatic heterocycles. The number of carbonyl (C=O) groups is 1. The highest BCUT2D eigenvalue weighted by Gasteiger charge is 2.19. The molecule has 3 heterocycles. The first kappa shape index (κ1) is 22.3. The van der Waals surface area contributed by atoms with E-state index in [1.165, 1.54) is 10.9 Å². The molecule has 0 saturated heterocycles. The van der Waals surface area contributed by atoms with Gasteiger partial charge < -0.3 is 19.1 Å². The average Bonchev–Trinajstić information content (AvgIpc) is 3.44. The van der Waals surface area contributed by atoms with Crippen molar-refractivity contribution in [3.05, 3.63) is 76.9 Å². The highest BCUT2D eigenvalue weighted by atomic mass is 16.5. The first-order valence-electron chi connectivity index (χ1n) is 11.3. The highest BCUT2D eigenvalue weighted by Crippen LogP contribution is 2.26. The van der Waals surface area contributed by atoms with Crippen LogP contribution in [-0.4, -0.2) is 37.3 Å². The Balaban J connectivity index is 1.54. The number of para-hydroxylation sites is 3. The van der Waals surface area contributed by atoms with Crippen molar-refractivity contribution in [2.45, 2.75) is 32.9 Å². The van der Waals surface area contributed by atoms with Crippen LogP contribution in [-0.2, 0) is 24.3 Å². The molecule has 10 nitrogen and oxygen atoms in total. The van der Waals surface area contributed by atoms with Crippen molar-refractivity contribution >= 4 is 33.5 Å². The van der Waals surface area contributed by atoms with Gasteiger partial charge in [0.1, 0.15) is 29.9 Å². The van der Waals surface area contributed by atoms with Crippen LogP contribution in [0.25, 0.3) is 21.9 Å². The molecule has 0 bridgehead atoms. The first-order valence-corrected chi connectivity index (χ1v) is 11.3. The number of aromatic nitrogens is 5. The Labute approximate surface area is 200 Å². The molecule has 2 aromatic carbocycles. The van der Waals surface area contributed by atoms with Gasteiger partial charge in [-0.25, -0.2) is 4.98 Å². The number of nitrogens with one attached hydrogen (secondary N) is 1. The molecule has 0 fully saturated rings. The Morgan fingerprint density at radius 1 is 1.14 bits per heavy atom. The molecule has 0 atom stereocenters. The number of amides is 1. The molecule has 10 heteroatoms. The van der Waals surface area contributed by atoms with Crippen molar-refractivity contribution in [3.63, 3.8) is 0 Å². The van der Waals surface area contributed by atoms with Gasteiger partial charge in [0, 0.05) is 11.8 Å². The van der Waals surface area contributed by atoms with Crippen LogP contribution in [0.2, 0.25) is 0 Å². The van der Waals surface area contributed by atoms with Gasteiger partial charge in [-0.05, 0) is 24.6 Å². The van der Waals surface area contributed by atoms with Gasteiger partial charge in [-0.1, -0.05) is 42.4 Å². The van der Waals surface area contributed by atoms with Gasteiger partial charge in [0.15, 0.2) is 5.82 Å². The zero-order valence-corrected chi connectivity index (χ0v) is 19.4. The third-order valence-electron chi connectivity index (χ3n) is 5.71. The van der Waals surface area contributed by atoms with E-state index in [9.17, 15) is 9.59 Å². The molecule has 0 saturated carbocycles. The second kappa shape index (κ2) is 9.41. The number of hydrogen-bond donors (Lipinski definition) is 1. The summed E-state index contributed by atoms with van der Waals surface area (Å²) >= 11 is 0. The number of rotatable bonds is 8. The predicted molar refractivity (Wildman–Crippen MR) is 131 cm³/mol. The standard InChI is InChI=1S/C25H24N6O4/c1-3-8-20-28-22(35-29-20)14-30-15-26-23-16-9-4-6-11-18(16)31(24(23)25(30)33)13-21(32)27-17-10-5-7-12-19(17)34-2/h4-7,9-12,15H,3,8,13-14H2,1-2H3,(H,27,32). The van der Waals surface area contributed by atoms with Crippen molar-refractivity contribution in [2.24, 2.45) is 0 Å². The van der Waals surface area contributed by atoms with Crippen molar-refractivity contribution < 1.29 is 14.1 Å². The van der Waals surface area contributed by atoms with Gasteiger partial charge in [0.25, 0.3) is 5.56 Å². The van der Waals surface area contributed by atoms with E-state index >= 15 is 0 Å². The van der Waals surface area contributed by atoms with Crippen molar-refractivity contribution in [2.75, 3.05) is 12.4 Å². The molecule has 1 amide bonds. The maximum absolute atomic E-state index is 13.6. The van der Waals surface area contributed by atoms with E-state index in [1.807, 2.05) is 43.3 Å². The van der Waals surface area contributed by atoms with Crippen LogP contribution >= 0.6 is 0 Å². The van der Waals surface area contributed by atoms with E-state index in [-0.39, 0.29) is 24.6 Å². The number of fused-ring (bicyclic) bond motifs is 3. The van der Waals surface area contributed by atoms with E-state index in [0.717, 1.165) is 17.3 Å². The minimum Gasteiger partial charge on any atom is -0.495 e. The van der Waals surface area contributed by atoms with E-state index in [4.69, 9.17) is 9.26 Å². The van der Waals surface area contributed by atoms with Gasteiger partial charge in [-0.2, -0.15) is 4.98 Å². The summed E-state index contributed by atoms with van der Waals surface area (Å²) in [6.45, 7) is 2.04.